The number of methoxy groups -OCH3 is 2. The SMILES string of the molecule is C=CCn1c(COc2ccc(C)cc2)nnc1SCC(=O)Nc1cc(C(=O)OC)ccc1C(=O)OC. The first-order chi connectivity index (χ1) is 17.4. The van der Waals surface area contributed by atoms with E-state index in [9.17, 15) is 14.4 Å². The number of benzene rings is 2. The van der Waals surface area contributed by atoms with E-state index < -0.39 is 17.8 Å². The molecule has 0 atom stereocenters. The minimum Gasteiger partial charge on any atom is -0.486 e. The predicted octanol–water partition coefficient (Wildman–Crippen LogP) is 3.66. The van der Waals surface area contributed by atoms with Crippen LogP contribution in [-0.2, 0) is 27.4 Å². The van der Waals surface area contributed by atoms with Crippen molar-refractivity contribution in [3.8, 4) is 5.75 Å². The summed E-state index contributed by atoms with van der Waals surface area (Å²) < 4.78 is 17.1. The lowest BCUT2D eigenvalue weighted by Gasteiger charge is -2.12. The first kappa shape index (κ1) is 26.5. The fraction of sp³-hybridized carbons (Fsp3) is 0.240. The average Bonchev–Trinajstić information content (AvgIpc) is 3.27. The number of nitrogens with one attached hydrogen (secondary N) is 1. The zero-order valence-electron chi connectivity index (χ0n) is 20.1. The molecule has 1 aromatic heterocycles. The van der Waals surface area contributed by atoms with Crippen LogP contribution >= 0.6 is 11.8 Å². The molecule has 2 aromatic carbocycles. The van der Waals surface area contributed by atoms with Crippen molar-refractivity contribution >= 4 is 35.3 Å². The van der Waals surface area contributed by atoms with Gasteiger partial charge in [-0.2, -0.15) is 0 Å². The van der Waals surface area contributed by atoms with Crippen molar-refractivity contribution in [1.29, 1.82) is 0 Å². The number of carbonyl (C=O) groups excluding carboxylic acids is 3. The molecule has 188 valence electrons. The van der Waals surface area contributed by atoms with Crippen LogP contribution in [0.3, 0.4) is 0 Å². The molecule has 36 heavy (non-hydrogen) atoms. The number of rotatable bonds is 11. The number of allylic oxidation sites excluding steroid dienone is 1. The molecule has 0 radical (unpaired) electrons. The third kappa shape index (κ3) is 6.72. The lowest BCUT2D eigenvalue weighted by Crippen LogP contribution is -2.18. The Labute approximate surface area is 212 Å². The van der Waals surface area contributed by atoms with Crippen molar-refractivity contribution in [2.45, 2.75) is 25.2 Å². The summed E-state index contributed by atoms with van der Waals surface area (Å²) in [6.07, 6.45) is 1.70. The fourth-order valence-corrected chi connectivity index (χ4v) is 3.89. The maximum Gasteiger partial charge on any atom is 0.339 e. The molecule has 3 aromatic rings. The zero-order valence-corrected chi connectivity index (χ0v) is 21.0. The van der Waals surface area contributed by atoms with Crippen LogP contribution < -0.4 is 10.1 Å². The van der Waals surface area contributed by atoms with E-state index in [-0.39, 0.29) is 29.2 Å². The molecule has 0 aliphatic carbocycles. The number of amides is 1. The molecule has 1 amide bonds. The first-order valence-electron chi connectivity index (χ1n) is 10.8. The van der Waals surface area contributed by atoms with Crippen molar-refractivity contribution in [1.82, 2.24) is 14.8 Å². The standard InChI is InChI=1S/C25H26N4O6S/c1-5-12-29-21(14-35-18-9-6-16(2)7-10-18)27-28-25(29)36-15-22(30)26-20-13-17(23(31)33-3)8-11-19(20)24(32)34-4/h5-11,13H,1,12,14-15H2,2-4H3,(H,26,30). The molecule has 0 aliphatic rings. The number of thioether (sulfide) groups is 1. The van der Waals surface area contributed by atoms with Gasteiger partial charge in [-0.25, -0.2) is 9.59 Å². The number of nitrogens with zero attached hydrogens (tertiary/aromatic N) is 3. The van der Waals surface area contributed by atoms with Gasteiger partial charge in [0.1, 0.15) is 12.4 Å². The Hall–Kier alpha value is -4.12. The highest BCUT2D eigenvalue weighted by Crippen LogP contribution is 2.22. The molecule has 0 aliphatic heterocycles. The van der Waals surface area contributed by atoms with Crippen LogP contribution in [0.25, 0.3) is 0 Å². The molecule has 0 spiro atoms. The summed E-state index contributed by atoms with van der Waals surface area (Å²) in [5.74, 6) is -0.419. The molecular formula is C25H26N4O6S. The summed E-state index contributed by atoms with van der Waals surface area (Å²) >= 11 is 1.16. The Morgan fingerprint density at radius 2 is 1.78 bits per heavy atom. The van der Waals surface area contributed by atoms with Crippen molar-refractivity contribution < 1.29 is 28.6 Å². The van der Waals surface area contributed by atoms with Gasteiger partial charge < -0.3 is 19.5 Å². The highest BCUT2D eigenvalue weighted by Gasteiger charge is 2.19. The van der Waals surface area contributed by atoms with Crippen molar-refractivity contribution in [3.63, 3.8) is 0 Å². The molecule has 11 heteroatoms. The van der Waals surface area contributed by atoms with Gasteiger partial charge in [0.2, 0.25) is 5.91 Å². The summed E-state index contributed by atoms with van der Waals surface area (Å²) in [7, 11) is 2.47. The Kier molecular flexibility index (Phi) is 9.23. The third-order valence-electron chi connectivity index (χ3n) is 4.95. The van der Waals surface area contributed by atoms with Crippen LogP contribution in [0, 0.1) is 6.92 Å². The third-order valence-corrected chi connectivity index (χ3v) is 5.91. The number of ether oxygens (including phenoxy) is 3. The Morgan fingerprint density at radius 1 is 1.06 bits per heavy atom. The molecule has 0 bridgehead atoms. The van der Waals surface area contributed by atoms with Crippen LogP contribution in [0.2, 0.25) is 0 Å². The summed E-state index contributed by atoms with van der Waals surface area (Å²) in [6.45, 7) is 6.39. The van der Waals surface area contributed by atoms with Gasteiger partial charge in [0.25, 0.3) is 0 Å². The number of aryl methyl sites for hydroxylation is 1. The molecule has 10 nitrogen and oxygen atoms in total. The van der Waals surface area contributed by atoms with E-state index in [1.165, 1.54) is 32.4 Å². The summed E-state index contributed by atoms with van der Waals surface area (Å²) in [5.41, 5.74) is 1.55. The molecule has 0 saturated carbocycles. The van der Waals surface area contributed by atoms with Gasteiger partial charge in [0, 0.05) is 6.54 Å². The van der Waals surface area contributed by atoms with Gasteiger partial charge in [-0.3, -0.25) is 9.36 Å². The number of hydrogen-bond donors (Lipinski definition) is 1. The summed E-state index contributed by atoms with van der Waals surface area (Å²) in [6, 6.07) is 11.8. The minimum atomic E-state index is -0.654. The second-order valence-corrected chi connectivity index (χ2v) is 8.42. The quantitative estimate of drug-likeness (QED) is 0.234. The van der Waals surface area contributed by atoms with Gasteiger partial charge in [-0.05, 0) is 37.3 Å². The topological polar surface area (TPSA) is 122 Å². The van der Waals surface area contributed by atoms with Crippen LogP contribution in [0.5, 0.6) is 5.75 Å². The van der Waals surface area contributed by atoms with Crippen LogP contribution in [-0.4, -0.2) is 52.6 Å². The molecular weight excluding hydrogens is 484 g/mol. The Balaban J connectivity index is 1.70. The van der Waals surface area contributed by atoms with Crippen molar-refractivity contribution in [3.05, 3.63) is 77.6 Å². The van der Waals surface area contributed by atoms with Gasteiger partial charge in [-0.15, -0.1) is 16.8 Å². The van der Waals surface area contributed by atoms with E-state index >= 15 is 0 Å². The molecule has 1 N–H and O–H groups in total. The molecule has 1 heterocycles. The second-order valence-electron chi connectivity index (χ2n) is 7.48. The average molecular weight is 511 g/mol. The maximum atomic E-state index is 12.7. The van der Waals surface area contributed by atoms with Gasteiger partial charge in [0.05, 0.1) is 36.8 Å². The van der Waals surface area contributed by atoms with Gasteiger partial charge in [0.15, 0.2) is 11.0 Å². The first-order valence-corrected chi connectivity index (χ1v) is 11.8. The monoisotopic (exact) mass is 510 g/mol. The van der Waals surface area contributed by atoms with E-state index in [2.05, 4.69) is 22.1 Å². The van der Waals surface area contributed by atoms with Crippen LogP contribution in [0.1, 0.15) is 32.1 Å². The molecule has 0 unspecified atom stereocenters. The molecule has 0 fully saturated rings. The normalized spacial score (nSPS) is 10.4. The number of esters is 2. The molecule has 3 rings (SSSR count). The summed E-state index contributed by atoms with van der Waals surface area (Å²) in [5, 5.41) is 11.5. The van der Waals surface area contributed by atoms with Crippen LogP contribution in [0.4, 0.5) is 5.69 Å². The Morgan fingerprint density at radius 3 is 2.44 bits per heavy atom. The minimum absolute atomic E-state index is 0.0306. The highest BCUT2D eigenvalue weighted by atomic mass is 32.2. The van der Waals surface area contributed by atoms with E-state index in [0.717, 1.165) is 17.3 Å². The predicted molar refractivity (Wildman–Crippen MR) is 134 cm³/mol. The Bertz CT molecular complexity index is 1260. The van der Waals surface area contributed by atoms with E-state index in [1.807, 2.05) is 31.2 Å². The van der Waals surface area contributed by atoms with E-state index in [4.69, 9.17) is 14.2 Å². The lowest BCUT2D eigenvalue weighted by atomic mass is 10.1. The van der Waals surface area contributed by atoms with E-state index in [0.29, 0.717) is 23.3 Å². The smallest absolute Gasteiger partial charge is 0.339 e. The number of anilines is 1. The second kappa shape index (κ2) is 12.5. The van der Waals surface area contributed by atoms with Gasteiger partial charge in [-0.1, -0.05) is 35.5 Å². The van der Waals surface area contributed by atoms with E-state index in [1.54, 1.807) is 10.6 Å². The zero-order chi connectivity index (χ0) is 26.1. The summed E-state index contributed by atoms with van der Waals surface area (Å²) in [4.78, 5) is 36.7. The molecule has 0 saturated heterocycles. The number of aromatic nitrogens is 3. The highest BCUT2D eigenvalue weighted by molar-refractivity contribution is 7.99. The fourth-order valence-electron chi connectivity index (χ4n) is 3.12. The largest absolute Gasteiger partial charge is 0.486 e. The number of hydrogen-bond acceptors (Lipinski definition) is 9. The van der Waals surface area contributed by atoms with Crippen molar-refractivity contribution in [2.75, 3.05) is 25.3 Å². The van der Waals surface area contributed by atoms with Crippen molar-refractivity contribution in [2.24, 2.45) is 0 Å². The van der Waals surface area contributed by atoms with Crippen LogP contribution in [0.15, 0.2) is 60.3 Å². The van der Waals surface area contributed by atoms with Gasteiger partial charge >= 0.3 is 11.9 Å². The number of carbonyl (C=O) groups is 3. The lowest BCUT2D eigenvalue weighted by molar-refractivity contribution is -0.113. The maximum absolute atomic E-state index is 12.7.